The highest BCUT2D eigenvalue weighted by Gasteiger charge is 2.55. The molecule has 4 aliphatic rings. The van der Waals surface area contributed by atoms with Crippen LogP contribution < -0.4 is 10.2 Å². The number of aliphatic hydroxyl groups is 3. The van der Waals surface area contributed by atoms with Crippen molar-refractivity contribution in [2.24, 2.45) is 23.7 Å². The summed E-state index contributed by atoms with van der Waals surface area (Å²) in [6, 6.07) is 4.73. The average molecular weight is 1140 g/mol. The first-order valence-electron chi connectivity index (χ1n) is 28.2. The summed E-state index contributed by atoms with van der Waals surface area (Å²) >= 11 is 0. The number of nitrogens with zero attached hydrogens (tertiary/aromatic N) is 2. The Morgan fingerprint density at radius 2 is 1.48 bits per heavy atom. The van der Waals surface area contributed by atoms with Gasteiger partial charge in [-0.2, -0.15) is 0 Å². The summed E-state index contributed by atoms with van der Waals surface area (Å²) in [6.07, 6.45) is -6.62. The topological polar surface area (TPSA) is 276 Å². The van der Waals surface area contributed by atoms with E-state index in [-0.39, 0.29) is 88.3 Å². The molecule has 0 radical (unpaired) electrons. The van der Waals surface area contributed by atoms with Crippen LogP contribution in [0.4, 0.5) is 0 Å². The Morgan fingerprint density at radius 1 is 0.838 bits per heavy atom. The molecule has 1 aromatic carbocycles. The molecule has 3 saturated heterocycles. The number of ketones is 1. The zero-order chi connectivity index (χ0) is 59.2. The number of ether oxygens (including phenoxy) is 11. The molecule has 2 aromatic rings. The van der Waals surface area contributed by atoms with Crippen molar-refractivity contribution in [3.05, 3.63) is 40.2 Å². The summed E-state index contributed by atoms with van der Waals surface area (Å²) in [7, 11) is 6.70. The Labute approximate surface area is 469 Å². The first-order chi connectivity index (χ1) is 37.6. The number of pyridine rings is 1. The van der Waals surface area contributed by atoms with Crippen LogP contribution in [0.2, 0.25) is 0 Å². The number of aromatic nitrogens is 1. The molecule has 1 aromatic heterocycles. The maximum Gasteiger partial charge on any atom is 0.341 e. The number of carbonyl (C=O) groups excluding carboxylic acids is 3. The van der Waals surface area contributed by atoms with Gasteiger partial charge in [0.25, 0.3) is 0 Å². The first-order valence-corrected chi connectivity index (χ1v) is 28.2. The van der Waals surface area contributed by atoms with E-state index in [0.29, 0.717) is 23.1 Å². The summed E-state index contributed by atoms with van der Waals surface area (Å²) in [6.45, 7) is 17.8. The van der Waals surface area contributed by atoms with E-state index < -0.39 is 119 Å². The van der Waals surface area contributed by atoms with Gasteiger partial charge in [-0.3, -0.25) is 19.2 Å². The lowest BCUT2D eigenvalue weighted by Crippen LogP contribution is -2.61. The zero-order valence-electron chi connectivity index (χ0n) is 49.2. The van der Waals surface area contributed by atoms with Gasteiger partial charge in [0.15, 0.2) is 18.7 Å². The monoisotopic (exact) mass is 1130 g/mol. The summed E-state index contributed by atoms with van der Waals surface area (Å²) in [5.41, 5.74) is -4.74. The Bertz CT molecular complexity index is 2480. The summed E-state index contributed by atoms with van der Waals surface area (Å²) in [5, 5.41) is 45.1. The van der Waals surface area contributed by atoms with Crippen molar-refractivity contribution in [3.8, 4) is 5.75 Å². The number of hydrogen-bond donors (Lipinski definition) is 4. The second kappa shape index (κ2) is 27.5. The maximum absolute atomic E-state index is 14.6. The van der Waals surface area contributed by atoms with E-state index >= 15 is 0 Å². The smallest absolute Gasteiger partial charge is 0.341 e. The molecule has 18 atom stereocenters. The van der Waals surface area contributed by atoms with Crippen molar-refractivity contribution in [2.75, 3.05) is 61.3 Å². The van der Waals surface area contributed by atoms with Gasteiger partial charge in [-0.05, 0) is 99.9 Å². The number of esters is 2. The fraction of sp³-hybridized carbons (Fsp3) is 0.776. The fourth-order valence-corrected chi connectivity index (χ4v) is 11.9. The highest BCUT2D eigenvalue weighted by molar-refractivity contribution is 5.93. The SMILES string of the molecule is CC[C@H]1OC(=O)[C@H](C)[C@@H](O[C@H]2C[C@@](C)(OC)[C@@H](OC(=O)CCOCCOCCOc3ccc4c(=O)c(C(=O)O)cn(C5CC5)c4c3)[C@H](C)O2)[C@H](C)[C@@H](O[C@H]2O[C@@H](C)C[C@@H](N(C)C)[C@@H]2O)[C@](C)(OC)C[C@@H](C)C(=O)[C@H](C)[C@@H](O)[C@]1(C)O. The van der Waals surface area contributed by atoms with E-state index in [1.54, 1.807) is 59.7 Å². The molecule has 4 heterocycles. The van der Waals surface area contributed by atoms with Crippen molar-refractivity contribution < 1.29 is 91.7 Å². The Hall–Kier alpha value is -4.17. The van der Waals surface area contributed by atoms with Crippen molar-refractivity contribution in [1.82, 2.24) is 9.47 Å². The van der Waals surface area contributed by atoms with Gasteiger partial charge in [0.2, 0.25) is 5.43 Å². The van der Waals surface area contributed by atoms with E-state index in [4.69, 9.17) is 52.1 Å². The lowest BCUT2D eigenvalue weighted by molar-refractivity contribution is -0.320. The molecule has 22 nitrogen and oxygen atoms in total. The van der Waals surface area contributed by atoms with Crippen LogP contribution >= 0.6 is 0 Å². The third kappa shape index (κ3) is 15.0. The summed E-state index contributed by atoms with van der Waals surface area (Å²) < 4.78 is 70.2. The highest BCUT2D eigenvalue weighted by Crippen LogP contribution is 2.43. The number of aliphatic hydroxyl groups excluding tert-OH is 2. The third-order valence-electron chi connectivity index (χ3n) is 17.0. The number of aromatic carboxylic acids is 1. The number of carboxylic acid groups (broad SMARTS) is 1. The van der Waals surface area contributed by atoms with Crippen LogP contribution in [0.25, 0.3) is 10.9 Å². The van der Waals surface area contributed by atoms with Crippen LogP contribution in [0, 0.1) is 23.7 Å². The average Bonchev–Trinajstić information content (AvgIpc) is 4.28. The van der Waals surface area contributed by atoms with Gasteiger partial charge < -0.3 is 82.0 Å². The van der Waals surface area contributed by atoms with E-state index in [9.17, 15) is 44.4 Å². The summed E-state index contributed by atoms with van der Waals surface area (Å²) in [5.74, 6) is -6.19. The minimum atomic E-state index is -2.03. The number of Topliss-reactive ketones (excluding diaryl/α,β-unsaturated/α-hetero) is 1. The Morgan fingerprint density at radius 3 is 2.09 bits per heavy atom. The molecule has 4 fully saturated rings. The standard InChI is InChI=1S/C58H90N2O20/c1-15-43-58(10,69)50(65)33(4)46(62)31(2)28-56(8,70-13)51(80-55-48(64)42(59(11)12)26-32(3)75-55)34(5)49(35(6)54(68)77-43)79-45-29-57(9,71-14)52(36(7)76-45)78-44(61)20-21-72-22-23-73-24-25-74-38-18-19-39-41(27-38)60(37-16-17-37)30-40(47(39)63)53(66)67/h18-19,27,30-37,42-43,45,48-52,55,64-65,69H,15-17,20-26,28-29H2,1-14H3,(H,66,67)/t31-,32+,33+,34+,35-,36+,42-,43-,45+,48+,49+,50-,51-,52+,55-,56-,57-,58-/m1/s1. The molecule has 22 heteroatoms. The molecular weight excluding hydrogens is 1040 g/mol. The molecule has 6 rings (SSSR count). The number of methoxy groups -OCH3 is 2. The molecule has 4 N–H and O–H groups in total. The molecule has 0 bridgehead atoms. The molecule has 1 aliphatic carbocycles. The van der Waals surface area contributed by atoms with Gasteiger partial charge in [0.1, 0.15) is 47.1 Å². The van der Waals surface area contributed by atoms with Gasteiger partial charge in [-0.25, -0.2) is 4.79 Å². The van der Waals surface area contributed by atoms with Crippen molar-refractivity contribution >= 4 is 34.6 Å². The molecule has 3 aliphatic heterocycles. The van der Waals surface area contributed by atoms with Gasteiger partial charge in [-0.15, -0.1) is 0 Å². The largest absolute Gasteiger partial charge is 0.491 e. The predicted molar refractivity (Wildman–Crippen MR) is 290 cm³/mol. The van der Waals surface area contributed by atoms with Crippen LogP contribution in [-0.4, -0.2) is 199 Å². The number of likely N-dealkylation sites (N-methyl/N-ethyl adjacent to an activating group) is 1. The number of carboxylic acids is 1. The fourth-order valence-electron chi connectivity index (χ4n) is 11.9. The van der Waals surface area contributed by atoms with Gasteiger partial charge in [-0.1, -0.05) is 27.7 Å². The van der Waals surface area contributed by atoms with Crippen LogP contribution in [-0.2, 0) is 61.8 Å². The molecular formula is C58H90N2O20. The highest BCUT2D eigenvalue weighted by atomic mass is 16.7. The third-order valence-corrected chi connectivity index (χ3v) is 17.0. The van der Waals surface area contributed by atoms with E-state index in [2.05, 4.69) is 0 Å². The lowest BCUT2D eigenvalue weighted by atomic mass is 9.74. The quantitative estimate of drug-likeness (QED) is 0.0961. The number of carbonyl (C=O) groups is 4. The number of cyclic esters (lactones) is 1. The predicted octanol–water partition coefficient (Wildman–Crippen LogP) is 4.84. The van der Waals surface area contributed by atoms with Crippen LogP contribution in [0.1, 0.15) is 131 Å². The minimum Gasteiger partial charge on any atom is -0.491 e. The van der Waals surface area contributed by atoms with Crippen molar-refractivity contribution in [1.29, 1.82) is 0 Å². The second-order valence-corrected chi connectivity index (χ2v) is 23.4. The Balaban J connectivity index is 1.11. The Kier molecular flexibility index (Phi) is 22.3. The summed E-state index contributed by atoms with van der Waals surface area (Å²) in [4.78, 5) is 68.6. The molecule has 452 valence electrons. The molecule has 80 heavy (non-hydrogen) atoms. The molecule has 0 spiro atoms. The molecule has 0 unspecified atom stereocenters. The number of benzene rings is 1. The zero-order valence-corrected chi connectivity index (χ0v) is 49.2. The number of rotatable bonds is 21. The molecule has 1 saturated carbocycles. The molecule has 0 amide bonds. The van der Waals surface area contributed by atoms with Crippen LogP contribution in [0.5, 0.6) is 5.75 Å². The van der Waals surface area contributed by atoms with Crippen LogP contribution in [0.3, 0.4) is 0 Å². The normalized spacial score (nSPS) is 36.8. The first kappa shape index (κ1) is 65.0. The van der Waals surface area contributed by atoms with Crippen molar-refractivity contribution in [3.63, 3.8) is 0 Å². The second-order valence-electron chi connectivity index (χ2n) is 23.4. The van der Waals surface area contributed by atoms with Gasteiger partial charge in [0, 0.05) is 68.1 Å². The van der Waals surface area contributed by atoms with E-state index in [1.165, 1.54) is 34.3 Å². The minimum absolute atomic E-state index is 0.0197. The lowest BCUT2D eigenvalue weighted by Gasteiger charge is -2.50. The number of hydrogen-bond acceptors (Lipinski definition) is 20. The van der Waals surface area contributed by atoms with Crippen LogP contribution in [0.15, 0.2) is 29.2 Å². The van der Waals surface area contributed by atoms with E-state index in [1.807, 2.05) is 37.4 Å². The van der Waals surface area contributed by atoms with Gasteiger partial charge >= 0.3 is 17.9 Å². The maximum atomic E-state index is 14.6. The van der Waals surface area contributed by atoms with E-state index in [0.717, 1.165) is 12.8 Å². The van der Waals surface area contributed by atoms with Crippen molar-refractivity contribution in [2.45, 2.75) is 204 Å². The van der Waals surface area contributed by atoms with Gasteiger partial charge in [0.05, 0.1) is 80.4 Å². The number of fused-ring (bicyclic) bond motifs is 1.